The van der Waals surface area contributed by atoms with Gasteiger partial charge in [-0.15, -0.1) is 0 Å². The lowest BCUT2D eigenvalue weighted by molar-refractivity contribution is -0.138. The largest absolute Gasteiger partial charge is 0.481 e. The van der Waals surface area contributed by atoms with Crippen LogP contribution >= 0.6 is 11.8 Å². The first kappa shape index (κ1) is 16.6. The second-order valence-electron chi connectivity index (χ2n) is 4.92. The van der Waals surface area contributed by atoms with Crippen molar-refractivity contribution < 1.29 is 23.1 Å². The van der Waals surface area contributed by atoms with Crippen molar-refractivity contribution in [2.45, 2.75) is 50.9 Å². The van der Waals surface area contributed by atoms with Crippen LogP contribution in [0, 0.1) is 0 Å². The summed E-state index contributed by atoms with van der Waals surface area (Å²) >= 11 is 1.71. The molecule has 112 valence electrons. The molecule has 1 heterocycles. The van der Waals surface area contributed by atoms with Crippen LogP contribution in [0.5, 0.6) is 0 Å². The lowest BCUT2D eigenvalue weighted by Gasteiger charge is -2.39. The lowest BCUT2D eigenvalue weighted by atomic mass is 10.1. The van der Waals surface area contributed by atoms with Gasteiger partial charge >= 0.3 is 12.1 Å². The van der Waals surface area contributed by atoms with Gasteiger partial charge in [-0.05, 0) is 19.8 Å². The Morgan fingerprint density at radius 1 is 1.53 bits per heavy atom. The zero-order valence-electron chi connectivity index (χ0n) is 10.9. The average molecular weight is 299 g/mol. The lowest BCUT2D eigenvalue weighted by Crippen LogP contribution is -2.48. The summed E-state index contributed by atoms with van der Waals surface area (Å²) in [6.07, 6.45) is -4.23. The summed E-state index contributed by atoms with van der Waals surface area (Å²) in [6.45, 7) is 2.65. The molecule has 1 fully saturated rings. The van der Waals surface area contributed by atoms with E-state index in [2.05, 4.69) is 4.90 Å². The van der Waals surface area contributed by atoms with Gasteiger partial charge < -0.3 is 5.11 Å². The number of carboxylic acids is 1. The first-order valence-electron chi connectivity index (χ1n) is 6.41. The Labute approximate surface area is 115 Å². The molecule has 3 nitrogen and oxygen atoms in total. The summed E-state index contributed by atoms with van der Waals surface area (Å²) < 4.78 is 36.3. The van der Waals surface area contributed by atoms with Gasteiger partial charge in [0, 0.05) is 36.6 Å². The van der Waals surface area contributed by atoms with E-state index < -0.39 is 18.6 Å². The van der Waals surface area contributed by atoms with Gasteiger partial charge in [0.25, 0.3) is 0 Å². The smallest absolute Gasteiger partial charge is 0.389 e. The molecule has 1 aliphatic rings. The van der Waals surface area contributed by atoms with Crippen LogP contribution in [0.4, 0.5) is 13.2 Å². The summed E-state index contributed by atoms with van der Waals surface area (Å²) in [5.74, 6) is 0.815. The molecule has 0 spiro atoms. The van der Waals surface area contributed by atoms with Crippen molar-refractivity contribution in [3.05, 3.63) is 0 Å². The summed E-state index contributed by atoms with van der Waals surface area (Å²) in [5.41, 5.74) is 0. The quantitative estimate of drug-likeness (QED) is 0.818. The maximum Gasteiger partial charge on any atom is 0.389 e. The van der Waals surface area contributed by atoms with Crippen LogP contribution in [0.1, 0.15) is 32.6 Å². The highest BCUT2D eigenvalue weighted by Crippen LogP contribution is 2.26. The molecule has 2 atom stereocenters. The summed E-state index contributed by atoms with van der Waals surface area (Å²) in [4.78, 5) is 12.9. The Hall–Kier alpha value is -0.430. The van der Waals surface area contributed by atoms with E-state index in [1.807, 2.05) is 6.92 Å². The number of carboxylic acid groups (broad SMARTS) is 1. The average Bonchev–Trinajstić information content (AvgIpc) is 2.27. The van der Waals surface area contributed by atoms with E-state index in [0.29, 0.717) is 6.42 Å². The Morgan fingerprint density at radius 2 is 2.21 bits per heavy atom. The molecular weight excluding hydrogens is 279 g/mol. The van der Waals surface area contributed by atoms with Crippen molar-refractivity contribution in [2.75, 3.05) is 18.1 Å². The second kappa shape index (κ2) is 7.38. The molecule has 0 saturated carbocycles. The number of nitrogens with zero attached hydrogens (tertiary/aromatic N) is 1. The minimum atomic E-state index is -4.10. The fraction of sp³-hybridized carbons (Fsp3) is 0.917. The molecule has 0 aromatic rings. The number of alkyl halides is 3. The van der Waals surface area contributed by atoms with Crippen LogP contribution in [0.2, 0.25) is 0 Å². The fourth-order valence-corrected chi connectivity index (χ4v) is 3.48. The number of halogens is 3. The van der Waals surface area contributed by atoms with Gasteiger partial charge in [0.15, 0.2) is 0 Å². The standard InChI is InChI=1S/C12H20F3NO2S/c1-9(3-2-4-12(13,14)15)16-5-6-19-8-10(16)7-11(17)18/h9-10H,2-8H2,1H3,(H,17,18). The molecule has 7 heteroatoms. The Morgan fingerprint density at radius 3 is 2.79 bits per heavy atom. The number of thioether (sulfide) groups is 1. The Bertz CT molecular complexity index is 299. The van der Waals surface area contributed by atoms with Crippen LogP contribution in [0.25, 0.3) is 0 Å². The summed E-state index contributed by atoms with van der Waals surface area (Å²) in [7, 11) is 0. The molecule has 0 radical (unpaired) electrons. The predicted octanol–water partition coefficient (Wildman–Crippen LogP) is 3.00. The summed E-state index contributed by atoms with van der Waals surface area (Å²) in [5, 5.41) is 8.86. The highest BCUT2D eigenvalue weighted by atomic mass is 32.2. The topological polar surface area (TPSA) is 40.5 Å². The maximum atomic E-state index is 12.1. The van der Waals surface area contributed by atoms with Gasteiger partial charge in [0.2, 0.25) is 0 Å². The van der Waals surface area contributed by atoms with Gasteiger partial charge in [-0.25, -0.2) is 0 Å². The first-order valence-corrected chi connectivity index (χ1v) is 7.57. The fourth-order valence-electron chi connectivity index (χ4n) is 2.39. The monoisotopic (exact) mass is 299 g/mol. The van der Waals surface area contributed by atoms with Gasteiger partial charge in [0.05, 0.1) is 6.42 Å². The van der Waals surface area contributed by atoms with Crippen LogP contribution in [-0.4, -0.2) is 52.3 Å². The molecule has 1 aliphatic heterocycles. The van der Waals surface area contributed by atoms with Crippen LogP contribution < -0.4 is 0 Å². The van der Waals surface area contributed by atoms with E-state index in [1.165, 1.54) is 0 Å². The number of rotatable bonds is 6. The molecule has 1 saturated heterocycles. The normalized spacial score (nSPS) is 23.3. The van der Waals surface area contributed by atoms with Crippen molar-refractivity contribution in [3.63, 3.8) is 0 Å². The molecule has 1 N–H and O–H groups in total. The van der Waals surface area contributed by atoms with E-state index in [0.717, 1.165) is 18.1 Å². The number of aliphatic carboxylic acids is 1. The van der Waals surface area contributed by atoms with E-state index in [1.54, 1.807) is 11.8 Å². The predicted molar refractivity (Wildman–Crippen MR) is 69.4 cm³/mol. The zero-order chi connectivity index (χ0) is 14.5. The van der Waals surface area contributed by atoms with Crippen LogP contribution in [0.15, 0.2) is 0 Å². The Kier molecular flexibility index (Phi) is 6.46. The zero-order valence-corrected chi connectivity index (χ0v) is 11.8. The molecule has 1 rings (SSSR count). The van der Waals surface area contributed by atoms with Crippen LogP contribution in [-0.2, 0) is 4.79 Å². The maximum absolute atomic E-state index is 12.1. The van der Waals surface area contributed by atoms with Gasteiger partial charge in [-0.1, -0.05) is 0 Å². The molecular formula is C12H20F3NO2S. The SMILES string of the molecule is CC(CCCC(F)(F)F)N1CCSCC1CC(=O)O. The van der Waals surface area contributed by atoms with Gasteiger partial charge in [-0.2, -0.15) is 24.9 Å². The second-order valence-corrected chi connectivity index (χ2v) is 6.07. The molecule has 19 heavy (non-hydrogen) atoms. The van der Waals surface area contributed by atoms with Crippen molar-refractivity contribution in [1.82, 2.24) is 4.90 Å². The van der Waals surface area contributed by atoms with Crippen LogP contribution in [0.3, 0.4) is 0 Å². The number of hydrogen-bond acceptors (Lipinski definition) is 3. The molecule has 2 unspecified atom stereocenters. The highest BCUT2D eigenvalue weighted by molar-refractivity contribution is 7.99. The molecule has 0 aromatic heterocycles. The number of hydrogen-bond donors (Lipinski definition) is 1. The van der Waals surface area contributed by atoms with Crippen molar-refractivity contribution in [3.8, 4) is 0 Å². The third kappa shape index (κ3) is 6.51. The third-order valence-corrected chi connectivity index (χ3v) is 4.42. The minimum absolute atomic E-state index is 0.00704. The summed E-state index contributed by atoms with van der Waals surface area (Å²) in [6, 6.07) is -0.0512. The van der Waals surface area contributed by atoms with E-state index in [4.69, 9.17) is 5.11 Å². The third-order valence-electron chi connectivity index (χ3n) is 3.33. The molecule has 0 aromatic carbocycles. The molecule has 0 amide bonds. The number of carbonyl (C=O) groups is 1. The van der Waals surface area contributed by atoms with Crippen molar-refractivity contribution in [1.29, 1.82) is 0 Å². The first-order chi connectivity index (χ1) is 8.79. The molecule has 0 aliphatic carbocycles. The van der Waals surface area contributed by atoms with E-state index in [-0.39, 0.29) is 24.9 Å². The Balaban J connectivity index is 2.43. The van der Waals surface area contributed by atoms with Crippen molar-refractivity contribution >= 4 is 17.7 Å². The van der Waals surface area contributed by atoms with Gasteiger partial charge in [-0.3, -0.25) is 9.69 Å². The van der Waals surface area contributed by atoms with E-state index in [9.17, 15) is 18.0 Å². The van der Waals surface area contributed by atoms with Gasteiger partial charge in [0.1, 0.15) is 0 Å². The van der Waals surface area contributed by atoms with E-state index >= 15 is 0 Å². The minimum Gasteiger partial charge on any atom is -0.481 e. The van der Waals surface area contributed by atoms with Crippen molar-refractivity contribution in [2.24, 2.45) is 0 Å². The highest BCUT2D eigenvalue weighted by Gasteiger charge is 2.30. The molecule has 0 bridgehead atoms.